The van der Waals surface area contributed by atoms with Crippen LogP contribution in [0.25, 0.3) is 17.0 Å². The average Bonchev–Trinajstić information content (AvgIpc) is 3.29. The van der Waals surface area contributed by atoms with Gasteiger partial charge in [0.1, 0.15) is 0 Å². The molecule has 0 unspecified atom stereocenters. The summed E-state index contributed by atoms with van der Waals surface area (Å²) in [7, 11) is 0. The maximum atomic E-state index is 10.5. The van der Waals surface area contributed by atoms with Crippen molar-refractivity contribution in [1.82, 2.24) is 24.7 Å². The molecule has 8 nitrogen and oxygen atoms in total. The van der Waals surface area contributed by atoms with Crippen molar-refractivity contribution in [2.75, 3.05) is 5.43 Å². The van der Waals surface area contributed by atoms with Gasteiger partial charge in [0, 0.05) is 16.0 Å². The fourth-order valence-electron chi connectivity index (χ4n) is 2.32. The van der Waals surface area contributed by atoms with E-state index in [2.05, 4.69) is 46.5 Å². The number of fused-ring (bicyclic) bond motifs is 1. The predicted octanol–water partition coefficient (Wildman–Crippen LogP) is 3.43. The molecule has 0 radical (unpaired) electrons. The minimum Gasteiger partial charge on any atom is -0.493 e. The molecule has 0 saturated heterocycles. The fraction of sp³-hybridized carbons (Fsp3) is 0.0667. The Morgan fingerprint density at radius 2 is 2.32 bits per heavy atom. The van der Waals surface area contributed by atoms with E-state index < -0.39 is 0 Å². The molecule has 25 heavy (non-hydrogen) atoms. The average molecular weight is 418 g/mol. The zero-order valence-corrected chi connectivity index (χ0v) is 15.3. The van der Waals surface area contributed by atoms with Crippen molar-refractivity contribution in [2.45, 2.75) is 6.92 Å². The van der Waals surface area contributed by atoms with Gasteiger partial charge in [-0.05, 0) is 25.1 Å². The smallest absolute Gasteiger partial charge is 0.232 e. The fourth-order valence-corrected chi connectivity index (χ4v) is 3.15. The molecule has 10 heteroatoms. The topological polar surface area (TPSA) is 104 Å². The van der Waals surface area contributed by atoms with Gasteiger partial charge in [0.15, 0.2) is 0 Å². The van der Waals surface area contributed by atoms with Gasteiger partial charge in [-0.2, -0.15) is 14.9 Å². The predicted molar refractivity (Wildman–Crippen MR) is 101 cm³/mol. The van der Waals surface area contributed by atoms with Crippen LogP contribution in [-0.4, -0.2) is 36.1 Å². The lowest BCUT2D eigenvalue weighted by Crippen LogP contribution is -1.98. The molecule has 0 saturated carbocycles. The highest BCUT2D eigenvalue weighted by molar-refractivity contribution is 9.10. The number of hydrazone groups is 1. The molecule has 3 heterocycles. The van der Waals surface area contributed by atoms with Crippen molar-refractivity contribution in [3.63, 3.8) is 0 Å². The third-order valence-corrected chi connectivity index (χ3v) is 4.67. The highest BCUT2D eigenvalue weighted by Crippen LogP contribution is 2.24. The van der Waals surface area contributed by atoms with Crippen LogP contribution in [0, 0.1) is 6.92 Å². The third-order valence-electron chi connectivity index (χ3n) is 3.50. The van der Waals surface area contributed by atoms with Crippen LogP contribution in [-0.2, 0) is 0 Å². The van der Waals surface area contributed by atoms with Crippen LogP contribution in [0.1, 0.15) is 11.3 Å². The normalized spacial score (nSPS) is 11.6. The number of rotatable bonds is 4. The van der Waals surface area contributed by atoms with Gasteiger partial charge in [-0.3, -0.25) is 5.43 Å². The first kappa shape index (κ1) is 15.8. The summed E-state index contributed by atoms with van der Waals surface area (Å²) in [5.41, 5.74) is 5.57. The van der Waals surface area contributed by atoms with Crippen LogP contribution < -0.4 is 5.43 Å². The molecule has 1 aromatic carbocycles. The van der Waals surface area contributed by atoms with Crippen molar-refractivity contribution in [3.8, 4) is 11.8 Å². The molecule has 0 atom stereocenters. The number of aromatic nitrogens is 5. The van der Waals surface area contributed by atoms with E-state index in [1.807, 2.05) is 23.6 Å². The summed E-state index contributed by atoms with van der Waals surface area (Å²) in [6, 6.07) is 5.72. The van der Waals surface area contributed by atoms with Crippen molar-refractivity contribution in [2.24, 2.45) is 5.10 Å². The Bertz CT molecular complexity index is 1070. The van der Waals surface area contributed by atoms with Crippen LogP contribution >= 0.6 is 27.3 Å². The van der Waals surface area contributed by atoms with E-state index in [1.54, 1.807) is 13.1 Å². The lowest BCUT2D eigenvalue weighted by atomic mass is 10.3. The number of halogens is 1. The van der Waals surface area contributed by atoms with E-state index in [9.17, 15) is 5.11 Å². The van der Waals surface area contributed by atoms with Crippen LogP contribution in [0.5, 0.6) is 5.88 Å². The van der Waals surface area contributed by atoms with E-state index in [4.69, 9.17) is 0 Å². The lowest BCUT2D eigenvalue weighted by molar-refractivity contribution is 0.430. The largest absolute Gasteiger partial charge is 0.493 e. The van der Waals surface area contributed by atoms with Gasteiger partial charge in [0.05, 0.1) is 28.5 Å². The molecule has 0 fully saturated rings. The van der Waals surface area contributed by atoms with Crippen LogP contribution in [0.2, 0.25) is 0 Å². The number of imidazole rings is 1. The molecular weight excluding hydrogens is 406 g/mol. The number of nitrogens with zero attached hydrogens (tertiary/aromatic N) is 5. The Labute approximate surface area is 154 Å². The number of thiazole rings is 1. The van der Waals surface area contributed by atoms with Gasteiger partial charge in [-0.15, -0.1) is 11.3 Å². The molecule has 4 rings (SSSR count). The van der Waals surface area contributed by atoms with Gasteiger partial charge in [0.25, 0.3) is 0 Å². The number of hydrogen-bond donors (Lipinski definition) is 3. The number of aryl methyl sites for hydroxylation is 1. The van der Waals surface area contributed by atoms with E-state index in [0.717, 1.165) is 15.5 Å². The van der Waals surface area contributed by atoms with E-state index in [-0.39, 0.29) is 5.88 Å². The van der Waals surface area contributed by atoms with Crippen LogP contribution in [0.15, 0.2) is 39.4 Å². The molecule has 0 aliphatic heterocycles. The van der Waals surface area contributed by atoms with Gasteiger partial charge >= 0.3 is 0 Å². The Balaban J connectivity index is 1.67. The minimum atomic E-state index is -0.0414. The Morgan fingerprint density at radius 3 is 3.12 bits per heavy atom. The molecule has 4 aromatic rings. The van der Waals surface area contributed by atoms with Crippen LogP contribution in [0.4, 0.5) is 5.13 Å². The second-order valence-corrected chi connectivity index (χ2v) is 6.97. The minimum absolute atomic E-state index is 0.0414. The summed E-state index contributed by atoms with van der Waals surface area (Å²) in [4.78, 5) is 11.7. The maximum Gasteiger partial charge on any atom is 0.232 e. The quantitative estimate of drug-likeness (QED) is 0.348. The Morgan fingerprint density at radius 1 is 1.44 bits per heavy atom. The molecule has 0 aliphatic carbocycles. The molecule has 0 amide bonds. The molecule has 0 bridgehead atoms. The summed E-state index contributed by atoms with van der Waals surface area (Å²) < 4.78 is 2.29. The SMILES string of the molecule is Cc1nn(-c2nc3cc(Br)ccc3[nH]2)c(O)c1/C=N/Nc1nccs1. The molecule has 3 N–H and O–H groups in total. The van der Waals surface area contributed by atoms with Crippen LogP contribution in [0.3, 0.4) is 0 Å². The highest BCUT2D eigenvalue weighted by atomic mass is 79.9. The van der Waals surface area contributed by atoms with Crippen molar-refractivity contribution in [1.29, 1.82) is 0 Å². The van der Waals surface area contributed by atoms with Gasteiger partial charge in [-0.25, -0.2) is 9.97 Å². The van der Waals surface area contributed by atoms with Crippen molar-refractivity contribution < 1.29 is 5.11 Å². The third kappa shape index (κ3) is 3.01. The van der Waals surface area contributed by atoms with Gasteiger partial charge < -0.3 is 10.1 Å². The van der Waals surface area contributed by atoms with Crippen molar-refractivity contribution >= 4 is 49.6 Å². The zero-order chi connectivity index (χ0) is 17.4. The first-order valence-corrected chi connectivity index (χ1v) is 8.92. The van der Waals surface area contributed by atoms with Gasteiger partial charge in [0.2, 0.25) is 17.0 Å². The molecule has 0 spiro atoms. The number of aromatic hydroxyl groups is 1. The number of aromatic amines is 1. The summed E-state index contributed by atoms with van der Waals surface area (Å²) in [5, 5.41) is 21.4. The zero-order valence-electron chi connectivity index (χ0n) is 12.9. The number of nitrogens with one attached hydrogen (secondary N) is 2. The number of benzene rings is 1. The first-order valence-electron chi connectivity index (χ1n) is 7.24. The van der Waals surface area contributed by atoms with Crippen molar-refractivity contribution in [3.05, 3.63) is 45.5 Å². The standard InChI is InChI=1S/C15H12BrN7OS/c1-8-10(7-18-21-15-17-4-5-25-15)13(24)23(22-8)14-19-11-3-2-9(16)6-12(11)20-14/h2-7,24H,1H3,(H,17,21)(H,19,20)/b18-7+. The maximum absolute atomic E-state index is 10.5. The number of H-pyrrole nitrogens is 1. The van der Waals surface area contributed by atoms with E-state index >= 15 is 0 Å². The number of hydrogen-bond acceptors (Lipinski definition) is 7. The molecule has 126 valence electrons. The van der Waals surface area contributed by atoms with E-state index in [1.165, 1.54) is 22.2 Å². The Hall–Kier alpha value is -2.72. The number of anilines is 1. The summed E-state index contributed by atoms with van der Waals surface area (Å²) in [6.07, 6.45) is 3.19. The molecule has 0 aliphatic rings. The molecule has 3 aromatic heterocycles. The van der Waals surface area contributed by atoms with Gasteiger partial charge in [-0.1, -0.05) is 15.9 Å². The second-order valence-electron chi connectivity index (χ2n) is 5.16. The lowest BCUT2D eigenvalue weighted by Gasteiger charge is -1.97. The summed E-state index contributed by atoms with van der Waals surface area (Å²) in [5.74, 6) is 0.390. The first-order chi connectivity index (χ1) is 12.1. The summed E-state index contributed by atoms with van der Waals surface area (Å²) in [6.45, 7) is 1.79. The Kier molecular flexibility index (Phi) is 3.98. The van der Waals surface area contributed by atoms with E-state index in [0.29, 0.717) is 22.3 Å². The second kappa shape index (κ2) is 6.30. The summed E-state index contributed by atoms with van der Waals surface area (Å²) >= 11 is 4.85. The highest BCUT2D eigenvalue weighted by Gasteiger charge is 2.17. The molecular formula is C15H12BrN7OS. The monoisotopic (exact) mass is 417 g/mol.